The Balaban J connectivity index is 2.31. The van der Waals surface area contributed by atoms with Crippen LogP contribution in [0.5, 0.6) is 0 Å². The number of rotatable bonds is 5. The normalized spacial score (nSPS) is 11.6. The lowest BCUT2D eigenvalue weighted by Gasteiger charge is -2.08. The van der Waals surface area contributed by atoms with Crippen LogP contribution in [-0.2, 0) is 9.59 Å². The SMILES string of the molecule is CC(CC(=O)O)CC(=O)NC(=O)Nc1ccon1. The number of carbonyl (C=O) groups is 3. The molecule has 1 unspecified atom stereocenters. The molecular weight excluding hydrogens is 242 g/mol. The molecule has 0 aliphatic carbocycles. The number of hydrogen-bond donors (Lipinski definition) is 3. The van der Waals surface area contributed by atoms with E-state index in [1.54, 1.807) is 6.92 Å². The van der Waals surface area contributed by atoms with Gasteiger partial charge in [0.05, 0.1) is 0 Å². The average Bonchev–Trinajstić information content (AvgIpc) is 2.67. The summed E-state index contributed by atoms with van der Waals surface area (Å²) in [7, 11) is 0. The molecular formula is C10H13N3O5. The molecule has 0 fully saturated rings. The summed E-state index contributed by atoms with van der Waals surface area (Å²) in [6.45, 7) is 1.61. The standard InChI is InChI=1S/C10H13N3O5/c1-6(5-9(15)16)4-8(14)12-10(17)11-7-2-3-18-13-7/h2-3,6H,4-5H2,1H3,(H,15,16)(H2,11,12,13,14,17). The van der Waals surface area contributed by atoms with Gasteiger partial charge in [0, 0.05) is 18.9 Å². The minimum atomic E-state index is -0.984. The zero-order valence-corrected chi connectivity index (χ0v) is 9.67. The molecule has 3 amide bonds. The number of urea groups is 1. The first-order valence-electron chi connectivity index (χ1n) is 5.20. The minimum absolute atomic E-state index is 0.0431. The Labute approximate surface area is 102 Å². The molecule has 98 valence electrons. The average molecular weight is 255 g/mol. The number of hydrogen-bond acceptors (Lipinski definition) is 5. The van der Waals surface area contributed by atoms with Crippen LogP contribution in [0, 0.1) is 5.92 Å². The van der Waals surface area contributed by atoms with Crippen LogP contribution in [0.2, 0.25) is 0 Å². The molecule has 1 aromatic heterocycles. The second-order valence-electron chi connectivity index (χ2n) is 3.79. The van der Waals surface area contributed by atoms with E-state index >= 15 is 0 Å². The maximum Gasteiger partial charge on any atom is 0.327 e. The van der Waals surface area contributed by atoms with Crippen LogP contribution in [0.4, 0.5) is 10.6 Å². The lowest BCUT2D eigenvalue weighted by molar-refractivity contribution is -0.138. The van der Waals surface area contributed by atoms with Crippen molar-refractivity contribution in [1.82, 2.24) is 10.5 Å². The number of amides is 3. The number of aliphatic carboxylic acids is 1. The molecule has 1 rings (SSSR count). The molecule has 8 heteroatoms. The van der Waals surface area contributed by atoms with Crippen LogP contribution in [0.25, 0.3) is 0 Å². The number of imide groups is 1. The van der Waals surface area contributed by atoms with Gasteiger partial charge in [-0.05, 0) is 5.92 Å². The van der Waals surface area contributed by atoms with Crippen molar-refractivity contribution < 1.29 is 24.0 Å². The molecule has 0 spiro atoms. The van der Waals surface area contributed by atoms with E-state index in [1.807, 2.05) is 0 Å². The molecule has 3 N–H and O–H groups in total. The van der Waals surface area contributed by atoms with Crippen molar-refractivity contribution in [1.29, 1.82) is 0 Å². The highest BCUT2D eigenvalue weighted by molar-refractivity contribution is 6.00. The predicted molar refractivity (Wildman–Crippen MR) is 59.7 cm³/mol. The third kappa shape index (κ3) is 5.10. The van der Waals surface area contributed by atoms with E-state index in [2.05, 4.69) is 20.3 Å². The van der Waals surface area contributed by atoms with Gasteiger partial charge in [-0.3, -0.25) is 20.2 Å². The molecule has 8 nitrogen and oxygen atoms in total. The molecule has 1 atom stereocenters. The zero-order valence-electron chi connectivity index (χ0n) is 9.67. The summed E-state index contributed by atoms with van der Waals surface area (Å²) in [6.07, 6.45) is 1.10. The van der Waals surface area contributed by atoms with E-state index in [0.29, 0.717) is 0 Å². The Kier molecular flexibility index (Phi) is 4.85. The summed E-state index contributed by atoms with van der Waals surface area (Å²) in [4.78, 5) is 33.0. The van der Waals surface area contributed by atoms with Crippen molar-refractivity contribution in [3.63, 3.8) is 0 Å². The lowest BCUT2D eigenvalue weighted by Crippen LogP contribution is -2.35. The molecule has 0 aliphatic heterocycles. The molecule has 0 aromatic carbocycles. The second-order valence-corrected chi connectivity index (χ2v) is 3.79. The number of carboxylic acid groups (broad SMARTS) is 1. The number of nitrogens with one attached hydrogen (secondary N) is 2. The highest BCUT2D eigenvalue weighted by atomic mass is 16.5. The van der Waals surface area contributed by atoms with Crippen molar-refractivity contribution >= 4 is 23.7 Å². The molecule has 18 heavy (non-hydrogen) atoms. The number of nitrogens with zero attached hydrogens (tertiary/aromatic N) is 1. The Morgan fingerprint density at radius 1 is 1.44 bits per heavy atom. The van der Waals surface area contributed by atoms with Crippen molar-refractivity contribution in [3.8, 4) is 0 Å². The fourth-order valence-electron chi connectivity index (χ4n) is 1.29. The minimum Gasteiger partial charge on any atom is -0.481 e. The third-order valence-electron chi connectivity index (χ3n) is 1.99. The van der Waals surface area contributed by atoms with Gasteiger partial charge in [0.15, 0.2) is 5.82 Å². The van der Waals surface area contributed by atoms with Crippen LogP contribution in [-0.4, -0.2) is 28.2 Å². The molecule has 0 bridgehead atoms. The maximum atomic E-state index is 11.4. The first-order valence-corrected chi connectivity index (χ1v) is 5.20. The van der Waals surface area contributed by atoms with Crippen molar-refractivity contribution in [2.45, 2.75) is 19.8 Å². The van der Waals surface area contributed by atoms with Gasteiger partial charge < -0.3 is 9.63 Å². The number of carboxylic acids is 1. The lowest BCUT2D eigenvalue weighted by atomic mass is 10.0. The number of carbonyl (C=O) groups excluding carboxylic acids is 2. The highest BCUT2D eigenvalue weighted by Gasteiger charge is 2.15. The third-order valence-corrected chi connectivity index (χ3v) is 1.99. The van der Waals surface area contributed by atoms with Gasteiger partial charge in [-0.2, -0.15) is 0 Å². The summed E-state index contributed by atoms with van der Waals surface area (Å²) < 4.78 is 4.49. The second kappa shape index (κ2) is 6.38. The largest absolute Gasteiger partial charge is 0.481 e. The first kappa shape index (κ1) is 13.7. The van der Waals surface area contributed by atoms with Crippen molar-refractivity contribution in [2.75, 3.05) is 5.32 Å². The maximum absolute atomic E-state index is 11.4. The number of aromatic nitrogens is 1. The Morgan fingerprint density at radius 3 is 2.72 bits per heavy atom. The Hall–Kier alpha value is -2.38. The van der Waals surface area contributed by atoms with E-state index in [1.165, 1.54) is 12.3 Å². The van der Waals surface area contributed by atoms with Crippen LogP contribution < -0.4 is 10.6 Å². The summed E-state index contributed by atoms with van der Waals surface area (Å²) in [5.74, 6) is -1.70. The monoisotopic (exact) mass is 255 g/mol. The first-order chi connectivity index (χ1) is 8.47. The molecule has 0 saturated carbocycles. The smallest absolute Gasteiger partial charge is 0.327 e. The van der Waals surface area contributed by atoms with Gasteiger partial charge in [0.25, 0.3) is 0 Å². The fraction of sp³-hybridized carbons (Fsp3) is 0.400. The van der Waals surface area contributed by atoms with Gasteiger partial charge in [0.1, 0.15) is 6.26 Å². The van der Waals surface area contributed by atoms with Crippen LogP contribution >= 0.6 is 0 Å². The van der Waals surface area contributed by atoms with Gasteiger partial charge in [-0.1, -0.05) is 12.1 Å². The van der Waals surface area contributed by atoms with Crippen LogP contribution in [0.1, 0.15) is 19.8 Å². The van der Waals surface area contributed by atoms with Crippen molar-refractivity contribution in [3.05, 3.63) is 12.3 Å². The van der Waals surface area contributed by atoms with E-state index in [4.69, 9.17) is 5.11 Å². The molecule has 0 radical (unpaired) electrons. The van der Waals surface area contributed by atoms with Gasteiger partial charge >= 0.3 is 12.0 Å². The topological polar surface area (TPSA) is 122 Å². The summed E-state index contributed by atoms with van der Waals surface area (Å²) in [6, 6.07) is 0.674. The van der Waals surface area contributed by atoms with Gasteiger partial charge in [-0.25, -0.2) is 4.79 Å². The summed E-state index contributed by atoms with van der Waals surface area (Å²) >= 11 is 0. The fourth-order valence-corrected chi connectivity index (χ4v) is 1.29. The summed E-state index contributed by atoms with van der Waals surface area (Å²) in [5, 5.41) is 16.3. The zero-order chi connectivity index (χ0) is 13.5. The Bertz CT molecular complexity index is 429. The van der Waals surface area contributed by atoms with Gasteiger partial charge in [0.2, 0.25) is 5.91 Å². The van der Waals surface area contributed by atoms with Crippen molar-refractivity contribution in [2.24, 2.45) is 5.92 Å². The quantitative estimate of drug-likeness (QED) is 0.716. The van der Waals surface area contributed by atoms with Gasteiger partial charge in [-0.15, -0.1) is 0 Å². The highest BCUT2D eigenvalue weighted by Crippen LogP contribution is 2.07. The molecule has 1 heterocycles. The van der Waals surface area contributed by atoms with E-state index in [0.717, 1.165) is 0 Å². The summed E-state index contributed by atoms with van der Waals surface area (Å²) in [5.41, 5.74) is 0. The van der Waals surface area contributed by atoms with Crippen LogP contribution in [0.3, 0.4) is 0 Å². The van der Waals surface area contributed by atoms with Crippen LogP contribution in [0.15, 0.2) is 16.9 Å². The molecule has 0 aliphatic rings. The van der Waals surface area contributed by atoms with E-state index in [-0.39, 0.29) is 24.6 Å². The Morgan fingerprint density at radius 2 is 2.17 bits per heavy atom. The number of anilines is 1. The van der Waals surface area contributed by atoms with E-state index < -0.39 is 17.9 Å². The molecule has 0 saturated heterocycles. The van der Waals surface area contributed by atoms with E-state index in [9.17, 15) is 14.4 Å². The molecule has 1 aromatic rings. The predicted octanol–water partition coefficient (Wildman–Crippen LogP) is 0.824.